The van der Waals surface area contributed by atoms with E-state index in [0.717, 1.165) is 46.7 Å². The Morgan fingerprint density at radius 1 is 1.20 bits per heavy atom. The maximum Gasteiger partial charge on any atom is 0.261 e. The molecule has 0 radical (unpaired) electrons. The Morgan fingerprint density at radius 3 is 2.80 bits per heavy atom. The number of H-pyrrole nitrogens is 1. The van der Waals surface area contributed by atoms with Crippen LogP contribution in [-0.4, -0.2) is 66.3 Å². The first kappa shape index (κ1) is 20.8. The number of pyridine rings is 2. The van der Waals surface area contributed by atoms with Crippen LogP contribution in [0.2, 0.25) is 0 Å². The van der Waals surface area contributed by atoms with E-state index in [1.807, 2.05) is 19.4 Å². The van der Waals surface area contributed by atoms with E-state index < -0.39 is 0 Å². The van der Waals surface area contributed by atoms with E-state index in [9.17, 15) is 9.59 Å². The third kappa shape index (κ3) is 3.45. The molecule has 2 saturated heterocycles. The maximum absolute atomic E-state index is 13.0. The van der Waals surface area contributed by atoms with E-state index >= 15 is 0 Å². The first-order chi connectivity index (χ1) is 17.0. The molecule has 5 aromatic rings. The molecule has 35 heavy (non-hydrogen) atoms. The monoisotopic (exact) mass is 488 g/mol. The molecular weight excluding hydrogens is 464 g/mol. The number of aryl methyl sites for hydroxylation is 1. The number of nitrogens with one attached hydrogen (secondary N) is 2. The van der Waals surface area contributed by atoms with Gasteiger partial charge in [-0.2, -0.15) is 10.2 Å². The topological polar surface area (TPSA) is 113 Å². The predicted molar refractivity (Wildman–Crippen MR) is 134 cm³/mol. The zero-order valence-corrected chi connectivity index (χ0v) is 20.0. The second-order valence-electron chi connectivity index (χ2n) is 9.76. The van der Waals surface area contributed by atoms with Crippen molar-refractivity contribution < 1.29 is 4.79 Å². The summed E-state index contributed by atoms with van der Waals surface area (Å²) in [5.41, 5.74) is 2.76. The number of fused-ring (bicyclic) bond motifs is 7. The van der Waals surface area contributed by atoms with Gasteiger partial charge < -0.3 is 15.2 Å². The van der Waals surface area contributed by atoms with Crippen LogP contribution in [0.25, 0.3) is 37.2 Å². The summed E-state index contributed by atoms with van der Waals surface area (Å²) in [6.45, 7) is 3.76. The number of amides is 1. The summed E-state index contributed by atoms with van der Waals surface area (Å²) in [7, 11) is 1.87. The Morgan fingerprint density at radius 2 is 2.03 bits per heavy atom. The lowest BCUT2D eigenvalue weighted by Gasteiger charge is -2.47. The Balaban J connectivity index is 1.15. The van der Waals surface area contributed by atoms with Crippen molar-refractivity contribution in [2.24, 2.45) is 18.9 Å². The molecule has 3 fully saturated rings. The van der Waals surface area contributed by atoms with E-state index in [1.165, 1.54) is 24.2 Å². The van der Waals surface area contributed by atoms with Crippen LogP contribution >= 0.6 is 11.3 Å². The second kappa shape index (κ2) is 7.72. The van der Waals surface area contributed by atoms with Crippen molar-refractivity contribution >= 4 is 44.0 Å². The van der Waals surface area contributed by atoms with Gasteiger partial charge in [0.2, 0.25) is 0 Å². The summed E-state index contributed by atoms with van der Waals surface area (Å²) in [5, 5.41) is 12.4. The molecule has 11 heteroatoms. The van der Waals surface area contributed by atoms with Gasteiger partial charge in [0.05, 0.1) is 22.2 Å². The number of piperidine rings is 2. The summed E-state index contributed by atoms with van der Waals surface area (Å²) < 4.78 is 3.46. The van der Waals surface area contributed by atoms with Crippen LogP contribution in [0.4, 0.5) is 0 Å². The number of thiazole rings is 1. The molecule has 178 valence electrons. The fraction of sp³-hybridized carbons (Fsp3) is 0.375. The number of hydrogen-bond donors (Lipinski definition) is 2. The van der Waals surface area contributed by atoms with Gasteiger partial charge in [0, 0.05) is 57.4 Å². The Hall–Kier alpha value is -3.57. The SMILES string of the molecule is Cn1cc(-c2cn3nc4c5ncc(C(=O)NCCN6CC7CC(C7)C6)cc5[nH]c(=O)c4c3s2)cn1. The lowest BCUT2D eigenvalue weighted by Crippen LogP contribution is -2.50. The van der Waals surface area contributed by atoms with Gasteiger partial charge in [0.25, 0.3) is 11.5 Å². The molecule has 10 nitrogen and oxygen atoms in total. The summed E-state index contributed by atoms with van der Waals surface area (Å²) in [5.74, 6) is 1.51. The molecule has 2 N–H and O–H groups in total. The predicted octanol–water partition coefficient (Wildman–Crippen LogP) is 2.26. The molecule has 0 spiro atoms. The smallest absolute Gasteiger partial charge is 0.261 e. The van der Waals surface area contributed by atoms with Crippen molar-refractivity contribution in [2.45, 2.75) is 12.8 Å². The van der Waals surface area contributed by atoms with E-state index in [4.69, 9.17) is 0 Å². The van der Waals surface area contributed by atoms with Gasteiger partial charge in [0.15, 0.2) is 0 Å². The van der Waals surface area contributed by atoms with Gasteiger partial charge in [0.1, 0.15) is 21.3 Å². The highest BCUT2D eigenvalue weighted by Crippen LogP contribution is 2.39. The number of aromatic nitrogens is 6. The van der Waals surface area contributed by atoms with Gasteiger partial charge in [-0.05, 0) is 30.7 Å². The molecule has 1 amide bonds. The maximum atomic E-state index is 13.0. The Bertz CT molecular complexity index is 1660. The lowest BCUT2D eigenvalue weighted by atomic mass is 9.71. The van der Waals surface area contributed by atoms with Gasteiger partial charge >= 0.3 is 0 Å². The number of carbonyl (C=O) groups is 1. The van der Waals surface area contributed by atoms with E-state index in [-0.39, 0.29) is 11.5 Å². The zero-order valence-electron chi connectivity index (χ0n) is 19.2. The summed E-state index contributed by atoms with van der Waals surface area (Å²) in [6.07, 6.45) is 9.91. The summed E-state index contributed by atoms with van der Waals surface area (Å²) in [6, 6.07) is 1.68. The number of rotatable bonds is 5. The van der Waals surface area contributed by atoms with Crippen molar-refractivity contribution in [1.82, 2.24) is 39.6 Å². The number of aromatic amines is 1. The Kier molecular flexibility index (Phi) is 4.58. The van der Waals surface area contributed by atoms with Crippen LogP contribution < -0.4 is 10.9 Å². The van der Waals surface area contributed by atoms with Crippen LogP contribution in [0.3, 0.4) is 0 Å². The first-order valence-electron chi connectivity index (χ1n) is 11.9. The van der Waals surface area contributed by atoms with E-state index in [2.05, 4.69) is 30.4 Å². The van der Waals surface area contributed by atoms with Gasteiger partial charge in [-0.15, -0.1) is 11.3 Å². The van der Waals surface area contributed by atoms with Crippen molar-refractivity contribution in [1.29, 1.82) is 0 Å². The molecule has 2 aliphatic heterocycles. The van der Waals surface area contributed by atoms with Gasteiger partial charge in [-0.25, -0.2) is 4.52 Å². The highest BCUT2D eigenvalue weighted by molar-refractivity contribution is 7.21. The third-order valence-corrected chi connectivity index (χ3v) is 8.38. The van der Waals surface area contributed by atoms with E-state index in [1.54, 1.807) is 27.7 Å². The minimum atomic E-state index is -0.245. The Labute approximate surface area is 203 Å². The molecule has 2 bridgehead atoms. The van der Waals surface area contributed by atoms with Crippen molar-refractivity contribution in [3.8, 4) is 10.4 Å². The average molecular weight is 489 g/mol. The van der Waals surface area contributed by atoms with Gasteiger partial charge in [-0.3, -0.25) is 19.3 Å². The molecule has 0 unspecified atom stereocenters. The van der Waals surface area contributed by atoms with Crippen LogP contribution in [0.1, 0.15) is 23.2 Å². The van der Waals surface area contributed by atoms with Crippen LogP contribution in [0, 0.1) is 11.8 Å². The molecule has 8 rings (SSSR count). The minimum Gasteiger partial charge on any atom is -0.351 e. The molecule has 5 aromatic heterocycles. The van der Waals surface area contributed by atoms with Crippen LogP contribution in [0.5, 0.6) is 0 Å². The molecule has 0 aromatic carbocycles. The van der Waals surface area contributed by atoms with E-state index in [0.29, 0.717) is 34.0 Å². The average Bonchev–Trinajstić information content (AvgIpc) is 3.52. The van der Waals surface area contributed by atoms with Crippen molar-refractivity contribution in [3.63, 3.8) is 0 Å². The lowest BCUT2D eigenvalue weighted by molar-refractivity contribution is 0.0284. The number of carbonyl (C=O) groups excluding carboxylic acids is 1. The first-order valence-corrected chi connectivity index (χ1v) is 12.7. The quantitative estimate of drug-likeness (QED) is 0.392. The molecule has 0 atom stereocenters. The van der Waals surface area contributed by atoms with Crippen molar-refractivity contribution in [3.05, 3.63) is 46.8 Å². The number of hydrogen-bond acceptors (Lipinski definition) is 7. The molecule has 1 saturated carbocycles. The second-order valence-corrected chi connectivity index (χ2v) is 10.8. The molecule has 7 heterocycles. The largest absolute Gasteiger partial charge is 0.351 e. The normalized spacial score (nSPS) is 20.0. The molecular formula is C24H24N8O2S. The highest BCUT2D eigenvalue weighted by Gasteiger charge is 2.36. The van der Waals surface area contributed by atoms with Crippen LogP contribution in [-0.2, 0) is 7.05 Å². The minimum absolute atomic E-state index is 0.186. The third-order valence-electron chi connectivity index (χ3n) is 7.23. The number of nitrogens with zero attached hydrogens (tertiary/aromatic N) is 6. The summed E-state index contributed by atoms with van der Waals surface area (Å²) >= 11 is 1.49. The van der Waals surface area contributed by atoms with Crippen LogP contribution in [0.15, 0.2) is 35.6 Å². The molecule has 1 aliphatic carbocycles. The van der Waals surface area contributed by atoms with Gasteiger partial charge in [-0.1, -0.05) is 0 Å². The zero-order chi connectivity index (χ0) is 23.7. The molecule has 3 aliphatic rings. The summed E-state index contributed by atoms with van der Waals surface area (Å²) in [4.78, 5) is 37.4. The van der Waals surface area contributed by atoms with Crippen molar-refractivity contribution in [2.75, 3.05) is 26.2 Å². The fourth-order valence-electron chi connectivity index (χ4n) is 5.54. The highest BCUT2D eigenvalue weighted by atomic mass is 32.1. The standard InChI is InChI=1S/C24H24N8O2S/c1-30-11-16(8-27-30)18-12-32-24(35-18)19-21(29-32)20-17(28-23(19)34)6-15(7-26-20)22(33)25-2-3-31-9-13-4-14(5-13)10-31/h6-8,11-14H,2-5,9-10H2,1H3,(H,25,33)(H,28,34). The fourth-order valence-corrected chi connectivity index (χ4v) is 6.61.